The van der Waals surface area contributed by atoms with Gasteiger partial charge in [-0.3, -0.25) is 4.79 Å². The Morgan fingerprint density at radius 2 is 2.31 bits per heavy atom. The normalized spacial score (nSPS) is 25.4. The number of hydrogen-bond acceptors (Lipinski definition) is 1. The molecular formula is C10H14FNO. The SMILES string of the molecule is CC1(F)CN(C(=O)C2=CCCC2)C1. The number of halogens is 1. The number of amides is 1. The fourth-order valence-electron chi connectivity index (χ4n) is 1.96. The number of alkyl halides is 1. The third-order valence-corrected chi connectivity index (χ3v) is 2.64. The molecule has 1 aliphatic carbocycles. The van der Waals surface area contributed by atoms with Crippen LogP contribution in [0.3, 0.4) is 0 Å². The van der Waals surface area contributed by atoms with E-state index in [-0.39, 0.29) is 19.0 Å². The van der Waals surface area contributed by atoms with Crippen molar-refractivity contribution >= 4 is 5.91 Å². The van der Waals surface area contributed by atoms with Gasteiger partial charge in [-0.15, -0.1) is 0 Å². The number of rotatable bonds is 1. The third-order valence-electron chi connectivity index (χ3n) is 2.64. The molecular weight excluding hydrogens is 169 g/mol. The van der Waals surface area contributed by atoms with Gasteiger partial charge in [-0.05, 0) is 26.2 Å². The predicted molar refractivity (Wildman–Crippen MR) is 48.0 cm³/mol. The topological polar surface area (TPSA) is 20.3 Å². The lowest BCUT2D eigenvalue weighted by atomic mass is 9.98. The number of nitrogens with zero attached hydrogens (tertiary/aromatic N) is 1. The van der Waals surface area contributed by atoms with Crippen LogP contribution in [0.2, 0.25) is 0 Å². The first-order valence-electron chi connectivity index (χ1n) is 4.76. The zero-order valence-corrected chi connectivity index (χ0v) is 7.85. The molecule has 2 aliphatic rings. The summed E-state index contributed by atoms with van der Waals surface area (Å²) in [5.74, 6) is 0.0487. The van der Waals surface area contributed by atoms with Crippen molar-refractivity contribution in [3.05, 3.63) is 11.6 Å². The summed E-state index contributed by atoms with van der Waals surface area (Å²) in [7, 11) is 0. The minimum Gasteiger partial charge on any atom is -0.332 e. The van der Waals surface area contributed by atoms with Gasteiger partial charge in [0.25, 0.3) is 0 Å². The van der Waals surface area contributed by atoms with Crippen molar-refractivity contribution in [2.75, 3.05) is 13.1 Å². The van der Waals surface area contributed by atoms with Gasteiger partial charge in [0.2, 0.25) is 5.91 Å². The largest absolute Gasteiger partial charge is 0.332 e. The van der Waals surface area contributed by atoms with Crippen LogP contribution in [0.5, 0.6) is 0 Å². The average Bonchev–Trinajstić information content (AvgIpc) is 2.50. The maximum atomic E-state index is 13.1. The lowest BCUT2D eigenvalue weighted by molar-refractivity contribution is -0.139. The quantitative estimate of drug-likeness (QED) is 0.605. The van der Waals surface area contributed by atoms with Gasteiger partial charge in [0, 0.05) is 5.57 Å². The molecule has 72 valence electrons. The van der Waals surface area contributed by atoms with Gasteiger partial charge in [-0.2, -0.15) is 0 Å². The van der Waals surface area contributed by atoms with E-state index in [9.17, 15) is 9.18 Å². The van der Waals surface area contributed by atoms with Gasteiger partial charge in [0.15, 0.2) is 0 Å². The number of carbonyl (C=O) groups is 1. The van der Waals surface area contributed by atoms with Crippen LogP contribution in [-0.2, 0) is 4.79 Å². The van der Waals surface area contributed by atoms with Crippen LogP contribution in [0.15, 0.2) is 11.6 Å². The smallest absolute Gasteiger partial charge is 0.249 e. The van der Waals surface area contributed by atoms with Gasteiger partial charge < -0.3 is 4.90 Å². The molecule has 1 fully saturated rings. The molecule has 3 heteroatoms. The Kier molecular flexibility index (Phi) is 1.90. The second kappa shape index (κ2) is 2.82. The van der Waals surface area contributed by atoms with Crippen LogP contribution < -0.4 is 0 Å². The Morgan fingerprint density at radius 3 is 2.77 bits per heavy atom. The van der Waals surface area contributed by atoms with Crippen LogP contribution >= 0.6 is 0 Å². The first-order chi connectivity index (χ1) is 6.08. The molecule has 0 atom stereocenters. The molecule has 0 spiro atoms. The van der Waals surface area contributed by atoms with E-state index in [4.69, 9.17) is 0 Å². The fraction of sp³-hybridized carbons (Fsp3) is 0.700. The molecule has 0 unspecified atom stereocenters. The fourth-order valence-corrected chi connectivity index (χ4v) is 1.96. The van der Waals surface area contributed by atoms with E-state index in [0.29, 0.717) is 0 Å². The molecule has 1 amide bonds. The summed E-state index contributed by atoms with van der Waals surface area (Å²) in [5, 5.41) is 0. The number of hydrogen-bond donors (Lipinski definition) is 0. The first kappa shape index (κ1) is 8.73. The van der Waals surface area contributed by atoms with Gasteiger partial charge in [-0.1, -0.05) is 6.08 Å². The number of carbonyl (C=O) groups excluding carboxylic acids is 1. The third kappa shape index (κ3) is 1.60. The Morgan fingerprint density at radius 1 is 1.62 bits per heavy atom. The van der Waals surface area contributed by atoms with Crippen LogP contribution in [0.1, 0.15) is 26.2 Å². The van der Waals surface area contributed by atoms with Crippen LogP contribution in [0.25, 0.3) is 0 Å². The molecule has 1 aliphatic heterocycles. The van der Waals surface area contributed by atoms with Crippen molar-refractivity contribution < 1.29 is 9.18 Å². The molecule has 0 bridgehead atoms. The maximum Gasteiger partial charge on any atom is 0.249 e. The van der Waals surface area contributed by atoms with Crippen LogP contribution in [-0.4, -0.2) is 29.6 Å². The molecule has 13 heavy (non-hydrogen) atoms. The highest BCUT2D eigenvalue weighted by Crippen LogP contribution is 2.28. The van der Waals surface area contributed by atoms with E-state index in [2.05, 4.69) is 0 Å². The Bertz CT molecular complexity index is 262. The van der Waals surface area contributed by atoms with Crippen molar-refractivity contribution in [3.63, 3.8) is 0 Å². The summed E-state index contributed by atoms with van der Waals surface area (Å²) < 4.78 is 13.1. The average molecular weight is 183 g/mol. The van der Waals surface area contributed by atoms with Gasteiger partial charge in [-0.25, -0.2) is 4.39 Å². The minimum atomic E-state index is -1.14. The maximum absolute atomic E-state index is 13.1. The standard InChI is InChI=1S/C10H14FNO/c1-10(11)6-12(7-10)9(13)8-4-2-3-5-8/h4H,2-3,5-7H2,1H3. The van der Waals surface area contributed by atoms with Gasteiger partial charge in [0.05, 0.1) is 13.1 Å². The zero-order valence-electron chi connectivity index (χ0n) is 7.85. The second-order valence-corrected chi connectivity index (χ2v) is 4.20. The lowest BCUT2D eigenvalue weighted by Crippen LogP contribution is -2.59. The predicted octanol–water partition coefficient (Wildman–Crippen LogP) is 1.67. The van der Waals surface area contributed by atoms with E-state index in [1.807, 2.05) is 6.08 Å². The summed E-state index contributed by atoms with van der Waals surface area (Å²) >= 11 is 0. The molecule has 1 saturated heterocycles. The molecule has 2 rings (SSSR count). The van der Waals surface area contributed by atoms with Crippen molar-refractivity contribution in [3.8, 4) is 0 Å². The Balaban J connectivity index is 1.93. The highest BCUT2D eigenvalue weighted by Gasteiger charge is 2.42. The van der Waals surface area contributed by atoms with Crippen LogP contribution in [0.4, 0.5) is 4.39 Å². The monoisotopic (exact) mass is 183 g/mol. The lowest BCUT2D eigenvalue weighted by Gasteiger charge is -2.42. The molecule has 0 saturated carbocycles. The van der Waals surface area contributed by atoms with E-state index in [1.165, 1.54) is 0 Å². The number of likely N-dealkylation sites (tertiary alicyclic amines) is 1. The zero-order chi connectivity index (χ0) is 9.47. The Labute approximate surface area is 77.4 Å². The molecule has 2 nitrogen and oxygen atoms in total. The second-order valence-electron chi connectivity index (χ2n) is 4.20. The summed E-state index contributed by atoms with van der Waals surface area (Å²) in [4.78, 5) is 13.2. The van der Waals surface area contributed by atoms with E-state index in [1.54, 1.807) is 11.8 Å². The summed E-state index contributed by atoms with van der Waals surface area (Å²) in [6.45, 7) is 2.08. The van der Waals surface area contributed by atoms with Crippen molar-refractivity contribution in [1.82, 2.24) is 4.90 Å². The van der Waals surface area contributed by atoms with E-state index in [0.717, 1.165) is 24.8 Å². The highest BCUT2D eigenvalue weighted by atomic mass is 19.1. The minimum absolute atomic E-state index is 0.0487. The summed E-state index contributed by atoms with van der Waals surface area (Å²) in [6.07, 6.45) is 4.93. The van der Waals surface area contributed by atoms with E-state index >= 15 is 0 Å². The van der Waals surface area contributed by atoms with Crippen molar-refractivity contribution in [1.29, 1.82) is 0 Å². The highest BCUT2D eigenvalue weighted by molar-refractivity contribution is 5.94. The van der Waals surface area contributed by atoms with Gasteiger partial charge >= 0.3 is 0 Å². The molecule has 0 N–H and O–H groups in total. The summed E-state index contributed by atoms with van der Waals surface area (Å²) in [5.41, 5.74) is -0.259. The molecule has 0 radical (unpaired) electrons. The Hall–Kier alpha value is -0.860. The van der Waals surface area contributed by atoms with Gasteiger partial charge in [0.1, 0.15) is 5.67 Å². The summed E-state index contributed by atoms with van der Waals surface area (Å²) in [6, 6.07) is 0. The first-order valence-corrected chi connectivity index (χ1v) is 4.76. The van der Waals surface area contributed by atoms with Crippen molar-refractivity contribution in [2.45, 2.75) is 31.9 Å². The molecule has 1 heterocycles. The molecule has 0 aromatic carbocycles. The molecule has 0 aromatic rings. The van der Waals surface area contributed by atoms with Crippen LogP contribution in [0, 0.1) is 0 Å². The number of allylic oxidation sites excluding steroid dienone is 1. The van der Waals surface area contributed by atoms with E-state index < -0.39 is 5.67 Å². The van der Waals surface area contributed by atoms with Crippen molar-refractivity contribution in [2.24, 2.45) is 0 Å². The molecule has 0 aromatic heterocycles.